The summed E-state index contributed by atoms with van der Waals surface area (Å²) in [6.07, 6.45) is 3.55. The molecule has 0 spiro atoms. The maximum Gasteiger partial charge on any atom is 0.265 e. The van der Waals surface area contributed by atoms with Gasteiger partial charge in [-0.2, -0.15) is 0 Å². The van der Waals surface area contributed by atoms with Gasteiger partial charge >= 0.3 is 0 Å². The van der Waals surface area contributed by atoms with Crippen LogP contribution in [0.25, 0.3) is 11.0 Å². The summed E-state index contributed by atoms with van der Waals surface area (Å²) in [5.41, 5.74) is 0.607. The first kappa shape index (κ1) is 16.6. The number of hydrogen-bond acceptors (Lipinski definition) is 4. The highest BCUT2D eigenvalue weighted by molar-refractivity contribution is 5.97. The maximum absolute atomic E-state index is 12.9. The highest BCUT2D eigenvalue weighted by Gasteiger charge is 2.27. The number of fused-ring (bicyclic) bond motifs is 1. The highest BCUT2D eigenvalue weighted by atomic mass is 16.2. The number of carbonyl (C=O) groups is 1. The SMILES string of the molecule is CCn1c(=O)c(C(=O)N(C)C2CCN(C)CC2)cc2cccnc21. The molecule has 2 aromatic heterocycles. The van der Waals surface area contributed by atoms with E-state index >= 15 is 0 Å². The minimum absolute atomic E-state index is 0.188. The Balaban J connectivity index is 1.98. The first-order chi connectivity index (χ1) is 11.5. The van der Waals surface area contributed by atoms with Crippen molar-refractivity contribution >= 4 is 16.9 Å². The molecule has 0 saturated carbocycles. The third kappa shape index (κ3) is 2.94. The first-order valence-corrected chi connectivity index (χ1v) is 8.47. The molecule has 1 saturated heterocycles. The number of carbonyl (C=O) groups excluding carboxylic acids is 1. The molecule has 0 aromatic carbocycles. The zero-order chi connectivity index (χ0) is 17.3. The molecule has 0 bridgehead atoms. The van der Waals surface area contributed by atoms with E-state index in [2.05, 4.69) is 16.9 Å². The lowest BCUT2D eigenvalue weighted by Gasteiger charge is -2.35. The second-order valence-corrected chi connectivity index (χ2v) is 6.47. The summed E-state index contributed by atoms with van der Waals surface area (Å²) in [6.45, 7) is 4.34. The van der Waals surface area contributed by atoms with Crippen molar-refractivity contribution in [3.05, 3.63) is 40.3 Å². The van der Waals surface area contributed by atoms with Crippen LogP contribution < -0.4 is 5.56 Å². The zero-order valence-electron chi connectivity index (χ0n) is 14.5. The standard InChI is InChI=1S/C18H24N4O2/c1-4-22-16-13(6-5-9-19-16)12-15(18(22)24)17(23)21(3)14-7-10-20(2)11-8-14/h5-6,9,12,14H,4,7-8,10-11H2,1-3H3. The molecule has 3 heterocycles. The van der Waals surface area contributed by atoms with Crippen LogP contribution in [0.2, 0.25) is 0 Å². The molecular formula is C18H24N4O2. The second-order valence-electron chi connectivity index (χ2n) is 6.47. The molecule has 0 radical (unpaired) electrons. The topological polar surface area (TPSA) is 58.4 Å². The van der Waals surface area contributed by atoms with Crippen molar-refractivity contribution in [1.82, 2.24) is 19.4 Å². The predicted octanol–water partition coefficient (Wildman–Crippen LogP) is 1.58. The van der Waals surface area contributed by atoms with Crippen LogP contribution >= 0.6 is 0 Å². The van der Waals surface area contributed by atoms with Gasteiger partial charge in [-0.3, -0.25) is 14.2 Å². The van der Waals surface area contributed by atoms with Gasteiger partial charge < -0.3 is 9.80 Å². The van der Waals surface area contributed by atoms with E-state index in [0.29, 0.717) is 12.2 Å². The van der Waals surface area contributed by atoms with E-state index in [-0.39, 0.29) is 23.1 Å². The summed E-state index contributed by atoms with van der Waals surface area (Å²) in [6, 6.07) is 5.58. The van der Waals surface area contributed by atoms with E-state index < -0.39 is 0 Å². The van der Waals surface area contributed by atoms with E-state index in [9.17, 15) is 9.59 Å². The Morgan fingerprint density at radius 2 is 2.08 bits per heavy atom. The fraction of sp³-hybridized carbons (Fsp3) is 0.500. The van der Waals surface area contributed by atoms with E-state index in [1.165, 1.54) is 0 Å². The molecule has 0 N–H and O–H groups in total. The summed E-state index contributed by atoms with van der Waals surface area (Å²) in [4.78, 5) is 34.0. The lowest BCUT2D eigenvalue weighted by molar-refractivity contribution is 0.0657. The Kier molecular flexibility index (Phi) is 4.66. The minimum Gasteiger partial charge on any atom is -0.338 e. The number of rotatable bonds is 3. The van der Waals surface area contributed by atoms with Crippen LogP contribution in [0.15, 0.2) is 29.2 Å². The van der Waals surface area contributed by atoms with Gasteiger partial charge in [-0.05, 0) is 58.1 Å². The van der Waals surface area contributed by atoms with Crippen molar-refractivity contribution in [2.24, 2.45) is 0 Å². The van der Waals surface area contributed by atoms with Gasteiger partial charge in [-0.15, -0.1) is 0 Å². The van der Waals surface area contributed by atoms with Gasteiger partial charge in [0.1, 0.15) is 11.2 Å². The second kappa shape index (κ2) is 6.73. The fourth-order valence-corrected chi connectivity index (χ4v) is 3.39. The van der Waals surface area contributed by atoms with Gasteiger partial charge in [-0.1, -0.05) is 0 Å². The molecule has 1 aliphatic rings. The minimum atomic E-state index is -0.256. The van der Waals surface area contributed by atoms with E-state index in [0.717, 1.165) is 31.3 Å². The van der Waals surface area contributed by atoms with Crippen LogP contribution in [0.4, 0.5) is 0 Å². The summed E-state index contributed by atoms with van der Waals surface area (Å²) >= 11 is 0. The van der Waals surface area contributed by atoms with E-state index in [4.69, 9.17) is 0 Å². The molecular weight excluding hydrogens is 304 g/mol. The van der Waals surface area contributed by atoms with Crippen molar-refractivity contribution in [3.8, 4) is 0 Å². The predicted molar refractivity (Wildman–Crippen MR) is 94.3 cm³/mol. The largest absolute Gasteiger partial charge is 0.338 e. The number of pyridine rings is 2. The van der Waals surface area contributed by atoms with Crippen molar-refractivity contribution in [1.29, 1.82) is 0 Å². The molecule has 128 valence electrons. The van der Waals surface area contributed by atoms with Crippen LogP contribution in [0.1, 0.15) is 30.1 Å². The number of amides is 1. The average molecular weight is 328 g/mol. The summed E-state index contributed by atoms with van der Waals surface area (Å²) in [5.74, 6) is -0.192. The molecule has 0 atom stereocenters. The van der Waals surface area contributed by atoms with Gasteiger partial charge in [0, 0.05) is 31.2 Å². The van der Waals surface area contributed by atoms with Gasteiger partial charge in [0.25, 0.3) is 11.5 Å². The lowest BCUT2D eigenvalue weighted by atomic mass is 10.0. The van der Waals surface area contributed by atoms with Gasteiger partial charge in [0.15, 0.2) is 0 Å². The van der Waals surface area contributed by atoms with Crippen LogP contribution in [-0.4, -0.2) is 58.5 Å². The Labute approximate surface area is 141 Å². The molecule has 3 rings (SSSR count). The number of nitrogens with zero attached hydrogens (tertiary/aromatic N) is 4. The smallest absolute Gasteiger partial charge is 0.265 e. The Hall–Kier alpha value is -2.21. The molecule has 1 amide bonds. The molecule has 6 heteroatoms. The van der Waals surface area contributed by atoms with Gasteiger partial charge in [-0.25, -0.2) is 4.98 Å². The molecule has 0 aliphatic carbocycles. The Morgan fingerprint density at radius 1 is 1.38 bits per heavy atom. The summed E-state index contributed by atoms with van der Waals surface area (Å²) in [5, 5.41) is 0.819. The summed E-state index contributed by atoms with van der Waals surface area (Å²) in [7, 11) is 3.90. The van der Waals surface area contributed by atoms with Crippen LogP contribution in [0.3, 0.4) is 0 Å². The summed E-state index contributed by atoms with van der Waals surface area (Å²) < 4.78 is 1.57. The maximum atomic E-state index is 12.9. The molecule has 2 aromatic rings. The molecule has 0 unspecified atom stereocenters. The molecule has 1 aliphatic heterocycles. The molecule has 1 fully saturated rings. The number of aryl methyl sites for hydroxylation is 1. The quantitative estimate of drug-likeness (QED) is 0.858. The van der Waals surface area contributed by atoms with Crippen molar-refractivity contribution in [3.63, 3.8) is 0 Å². The Bertz CT molecular complexity index is 806. The number of piperidine rings is 1. The van der Waals surface area contributed by atoms with Gasteiger partial charge in [0.2, 0.25) is 0 Å². The third-order valence-corrected chi connectivity index (χ3v) is 4.95. The monoisotopic (exact) mass is 328 g/mol. The van der Waals surface area contributed by atoms with Crippen molar-refractivity contribution in [2.45, 2.75) is 32.4 Å². The van der Waals surface area contributed by atoms with E-state index in [1.807, 2.05) is 26.1 Å². The average Bonchev–Trinajstić information content (AvgIpc) is 2.60. The van der Waals surface area contributed by atoms with E-state index in [1.54, 1.807) is 21.7 Å². The highest BCUT2D eigenvalue weighted by Crippen LogP contribution is 2.17. The number of likely N-dealkylation sites (tertiary alicyclic amines) is 1. The third-order valence-electron chi connectivity index (χ3n) is 4.95. The lowest BCUT2D eigenvalue weighted by Crippen LogP contribution is -2.46. The number of aromatic nitrogens is 2. The van der Waals surface area contributed by atoms with Crippen LogP contribution in [-0.2, 0) is 6.54 Å². The normalized spacial score (nSPS) is 16.5. The molecule has 6 nitrogen and oxygen atoms in total. The van der Waals surface area contributed by atoms with Crippen molar-refractivity contribution < 1.29 is 4.79 Å². The molecule has 24 heavy (non-hydrogen) atoms. The van der Waals surface area contributed by atoms with Crippen LogP contribution in [0, 0.1) is 0 Å². The number of hydrogen-bond donors (Lipinski definition) is 0. The fourth-order valence-electron chi connectivity index (χ4n) is 3.39. The van der Waals surface area contributed by atoms with Crippen LogP contribution in [0.5, 0.6) is 0 Å². The zero-order valence-corrected chi connectivity index (χ0v) is 14.5. The Morgan fingerprint density at radius 3 is 2.75 bits per heavy atom. The van der Waals surface area contributed by atoms with Crippen molar-refractivity contribution in [2.75, 3.05) is 27.2 Å². The van der Waals surface area contributed by atoms with Gasteiger partial charge in [0.05, 0.1) is 0 Å². The first-order valence-electron chi connectivity index (χ1n) is 8.47.